The molecule has 11 rings (SSSR count). The molecule has 2 aliphatic carbocycles. The van der Waals surface area contributed by atoms with Crippen LogP contribution < -0.4 is 4.90 Å². The van der Waals surface area contributed by atoms with Crippen molar-refractivity contribution in [2.24, 2.45) is 0 Å². The standard InChI is InChI=1S/C58H45N/c1-57(2)52-24-14-13-21-47(52)48-35-34-44(36-54(48)57)59(42-30-26-39(27-31-42)38-16-7-5-8-17-38)43-32-28-41(29-33-43)50-37-51-55-45(40-18-9-6-10-19-40)23-15-25-53(55)58(3,4)56(51)49-22-12-11-20-46(49)50/h5-37H,1-4H3. The number of fused-ring (bicyclic) bond motifs is 8. The molecule has 0 fully saturated rings. The topological polar surface area (TPSA) is 3.24 Å². The minimum Gasteiger partial charge on any atom is -0.310 e. The van der Waals surface area contributed by atoms with Crippen LogP contribution in [-0.2, 0) is 10.8 Å². The van der Waals surface area contributed by atoms with Crippen molar-refractivity contribution in [1.29, 1.82) is 0 Å². The second kappa shape index (κ2) is 13.3. The molecule has 0 spiro atoms. The van der Waals surface area contributed by atoms with E-state index >= 15 is 0 Å². The zero-order valence-corrected chi connectivity index (χ0v) is 34.0. The van der Waals surface area contributed by atoms with Gasteiger partial charge in [-0.3, -0.25) is 0 Å². The molecule has 282 valence electrons. The predicted octanol–water partition coefficient (Wildman–Crippen LogP) is 15.9. The Labute approximate surface area is 347 Å². The number of hydrogen-bond acceptors (Lipinski definition) is 1. The van der Waals surface area contributed by atoms with Gasteiger partial charge in [-0.2, -0.15) is 0 Å². The molecule has 0 unspecified atom stereocenters. The number of nitrogens with zero attached hydrogens (tertiary/aromatic N) is 1. The first-order chi connectivity index (χ1) is 28.8. The van der Waals surface area contributed by atoms with E-state index in [2.05, 4.69) is 233 Å². The molecule has 0 heterocycles. The minimum atomic E-state index is -0.139. The summed E-state index contributed by atoms with van der Waals surface area (Å²) < 4.78 is 0. The first kappa shape index (κ1) is 35.2. The highest BCUT2D eigenvalue weighted by molar-refractivity contribution is 6.08. The van der Waals surface area contributed by atoms with E-state index in [9.17, 15) is 0 Å². The highest BCUT2D eigenvalue weighted by Crippen LogP contribution is 2.56. The quantitative estimate of drug-likeness (QED) is 0.163. The zero-order valence-electron chi connectivity index (χ0n) is 34.0. The van der Waals surface area contributed by atoms with Crippen LogP contribution in [0.15, 0.2) is 200 Å². The van der Waals surface area contributed by atoms with Crippen molar-refractivity contribution >= 4 is 27.8 Å². The lowest BCUT2D eigenvalue weighted by atomic mass is 9.79. The Balaban J connectivity index is 1.06. The lowest BCUT2D eigenvalue weighted by Gasteiger charge is -2.28. The molecule has 0 N–H and O–H groups in total. The van der Waals surface area contributed by atoms with Gasteiger partial charge >= 0.3 is 0 Å². The molecule has 0 radical (unpaired) electrons. The Morgan fingerprint density at radius 2 is 0.814 bits per heavy atom. The second-order valence-electron chi connectivity index (χ2n) is 17.3. The summed E-state index contributed by atoms with van der Waals surface area (Å²) in [6, 6.07) is 74.1. The van der Waals surface area contributed by atoms with Crippen molar-refractivity contribution in [2.75, 3.05) is 4.90 Å². The van der Waals surface area contributed by atoms with E-state index in [1.165, 1.54) is 88.7 Å². The molecule has 0 saturated carbocycles. The van der Waals surface area contributed by atoms with Crippen LogP contribution in [0.3, 0.4) is 0 Å². The number of benzene rings is 9. The third-order valence-electron chi connectivity index (χ3n) is 13.3. The normalized spacial score (nSPS) is 14.0. The Morgan fingerprint density at radius 1 is 0.305 bits per heavy atom. The summed E-state index contributed by atoms with van der Waals surface area (Å²) in [6.07, 6.45) is 0. The largest absolute Gasteiger partial charge is 0.310 e. The molecular formula is C58H45N. The summed E-state index contributed by atoms with van der Waals surface area (Å²) in [5.74, 6) is 0. The number of anilines is 3. The average molecular weight is 756 g/mol. The minimum absolute atomic E-state index is 0.100. The van der Waals surface area contributed by atoms with Gasteiger partial charge in [0, 0.05) is 27.9 Å². The molecule has 0 atom stereocenters. The van der Waals surface area contributed by atoms with Gasteiger partial charge in [0.15, 0.2) is 0 Å². The number of rotatable bonds is 6. The molecule has 0 saturated heterocycles. The Kier molecular flexibility index (Phi) is 7.94. The summed E-state index contributed by atoms with van der Waals surface area (Å²) in [6.45, 7) is 9.51. The van der Waals surface area contributed by atoms with E-state index in [0.717, 1.165) is 17.1 Å². The fraction of sp³-hybridized carbons (Fsp3) is 0.103. The van der Waals surface area contributed by atoms with Gasteiger partial charge in [-0.25, -0.2) is 0 Å². The van der Waals surface area contributed by atoms with Crippen LogP contribution >= 0.6 is 0 Å². The molecule has 59 heavy (non-hydrogen) atoms. The van der Waals surface area contributed by atoms with E-state index in [1.807, 2.05) is 0 Å². The van der Waals surface area contributed by atoms with Crippen molar-refractivity contribution in [3.8, 4) is 55.6 Å². The third-order valence-corrected chi connectivity index (χ3v) is 13.3. The maximum absolute atomic E-state index is 2.48. The molecule has 0 aromatic heterocycles. The van der Waals surface area contributed by atoms with Gasteiger partial charge in [0.2, 0.25) is 0 Å². The van der Waals surface area contributed by atoms with Crippen molar-refractivity contribution in [2.45, 2.75) is 38.5 Å². The van der Waals surface area contributed by atoms with Gasteiger partial charge in [0.1, 0.15) is 0 Å². The van der Waals surface area contributed by atoms with Gasteiger partial charge in [0.05, 0.1) is 0 Å². The monoisotopic (exact) mass is 755 g/mol. The maximum atomic E-state index is 2.48. The highest BCUT2D eigenvalue weighted by Gasteiger charge is 2.39. The van der Waals surface area contributed by atoms with Crippen LogP contribution in [0.1, 0.15) is 49.9 Å². The molecule has 2 aliphatic rings. The molecule has 9 aromatic carbocycles. The van der Waals surface area contributed by atoms with Crippen LogP contribution in [0.2, 0.25) is 0 Å². The lowest BCUT2D eigenvalue weighted by molar-refractivity contribution is 0.660. The lowest BCUT2D eigenvalue weighted by Crippen LogP contribution is -2.16. The second-order valence-corrected chi connectivity index (χ2v) is 17.3. The summed E-state index contributed by atoms with van der Waals surface area (Å²) in [7, 11) is 0. The van der Waals surface area contributed by atoms with E-state index in [0.29, 0.717) is 0 Å². The highest BCUT2D eigenvalue weighted by atomic mass is 15.1. The van der Waals surface area contributed by atoms with Gasteiger partial charge in [-0.15, -0.1) is 0 Å². The third kappa shape index (κ3) is 5.45. The molecule has 9 aromatic rings. The molecular weight excluding hydrogens is 711 g/mol. The summed E-state index contributed by atoms with van der Waals surface area (Å²) in [5, 5.41) is 2.61. The first-order valence-electron chi connectivity index (χ1n) is 20.8. The molecule has 1 nitrogen and oxygen atoms in total. The SMILES string of the molecule is CC1(C)c2ccccc2-c2ccc(N(c3ccc(-c4ccccc4)cc3)c3ccc(-c4cc5c(c6ccccc46)C(C)(C)c4cccc(-c6ccccc6)c4-5)cc3)cc21. The van der Waals surface area contributed by atoms with Crippen molar-refractivity contribution in [3.63, 3.8) is 0 Å². The van der Waals surface area contributed by atoms with Crippen LogP contribution in [0.4, 0.5) is 17.1 Å². The molecule has 0 amide bonds. The van der Waals surface area contributed by atoms with Gasteiger partial charge < -0.3 is 4.90 Å². The maximum Gasteiger partial charge on any atom is 0.0465 e. The van der Waals surface area contributed by atoms with Gasteiger partial charge in [0.25, 0.3) is 0 Å². The average Bonchev–Trinajstić information content (AvgIpc) is 3.66. The van der Waals surface area contributed by atoms with E-state index in [-0.39, 0.29) is 10.8 Å². The van der Waals surface area contributed by atoms with Crippen LogP contribution in [0, 0.1) is 0 Å². The van der Waals surface area contributed by atoms with Crippen molar-refractivity contribution in [1.82, 2.24) is 0 Å². The van der Waals surface area contributed by atoms with E-state index in [1.54, 1.807) is 0 Å². The fourth-order valence-electron chi connectivity index (χ4n) is 10.3. The summed E-state index contributed by atoms with van der Waals surface area (Å²) in [4.78, 5) is 2.42. The van der Waals surface area contributed by atoms with Crippen molar-refractivity contribution < 1.29 is 0 Å². The first-order valence-corrected chi connectivity index (χ1v) is 20.8. The van der Waals surface area contributed by atoms with Crippen LogP contribution in [0.25, 0.3) is 66.4 Å². The van der Waals surface area contributed by atoms with Gasteiger partial charge in [-0.05, 0) is 131 Å². The molecule has 0 bridgehead atoms. The van der Waals surface area contributed by atoms with E-state index in [4.69, 9.17) is 0 Å². The number of hydrogen-bond donors (Lipinski definition) is 0. The summed E-state index contributed by atoms with van der Waals surface area (Å²) >= 11 is 0. The Morgan fingerprint density at radius 3 is 1.53 bits per heavy atom. The Hall–Kier alpha value is -6.96. The van der Waals surface area contributed by atoms with Gasteiger partial charge in [-0.1, -0.05) is 185 Å². The zero-order chi connectivity index (χ0) is 39.9. The fourth-order valence-corrected chi connectivity index (χ4v) is 10.3. The van der Waals surface area contributed by atoms with Crippen molar-refractivity contribution in [3.05, 3.63) is 222 Å². The van der Waals surface area contributed by atoms with Crippen LogP contribution in [-0.4, -0.2) is 0 Å². The summed E-state index contributed by atoms with van der Waals surface area (Å²) in [5.41, 5.74) is 21.5. The predicted molar refractivity (Wildman–Crippen MR) is 250 cm³/mol. The van der Waals surface area contributed by atoms with E-state index < -0.39 is 0 Å². The molecule has 0 aliphatic heterocycles. The Bertz CT molecular complexity index is 3060. The molecule has 1 heteroatoms. The smallest absolute Gasteiger partial charge is 0.0465 e. The van der Waals surface area contributed by atoms with Crippen LogP contribution in [0.5, 0.6) is 0 Å².